The molecule has 0 aliphatic rings. The van der Waals surface area contributed by atoms with Crippen LogP contribution in [-0.2, 0) is 4.79 Å². The number of para-hydroxylation sites is 2. The number of hydrogen-bond donors (Lipinski definition) is 2. The van der Waals surface area contributed by atoms with Crippen molar-refractivity contribution in [1.29, 1.82) is 0 Å². The van der Waals surface area contributed by atoms with Crippen molar-refractivity contribution >= 4 is 35.8 Å². The van der Waals surface area contributed by atoms with E-state index in [0.29, 0.717) is 30.5 Å². The molecule has 0 aliphatic heterocycles. The molecule has 25 heavy (non-hydrogen) atoms. The van der Waals surface area contributed by atoms with Crippen LogP contribution in [0.3, 0.4) is 0 Å². The second-order valence-corrected chi connectivity index (χ2v) is 5.44. The molecule has 1 amide bonds. The van der Waals surface area contributed by atoms with Crippen LogP contribution in [-0.4, -0.2) is 63.7 Å². The minimum absolute atomic E-state index is 0. The summed E-state index contributed by atoms with van der Waals surface area (Å²) in [7, 11) is 5.03. The summed E-state index contributed by atoms with van der Waals surface area (Å²) in [5, 5.41) is 6.28. The van der Waals surface area contributed by atoms with Gasteiger partial charge in [-0.15, -0.1) is 24.0 Å². The van der Waals surface area contributed by atoms with Crippen molar-refractivity contribution < 1.29 is 14.3 Å². The summed E-state index contributed by atoms with van der Waals surface area (Å²) >= 11 is 0. The maximum Gasteiger partial charge on any atom is 0.243 e. The van der Waals surface area contributed by atoms with Gasteiger partial charge in [-0.3, -0.25) is 4.79 Å². The Morgan fingerprint density at radius 1 is 1.24 bits per heavy atom. The van der Waals surface area contributed by atoms with Crippen LogP contribution in [0.4, 0.5) is 0 Å². The molecule has 0 saturated heterocycles. The molecule has 0 aromatic heterocycles. The monoisotopic (exact) mass is 464 g/mol. The molecule has 0 saturated carbocycles. The topological polar surface area (TPSA) is 75.2 Å². The fourth-order valence-corrected chi connectivity index (χ4v) is 1.84. The number of carbonyl (C=O) groups is 1. The summed E-state index contributed by atoms with van der Waals surface area (Å²) < 4.78 is 11.2. The van der Waals surface area contributed by atoms with E-state index in [1.165, 1.54) is 4.90 Å². The number of rotatable bonds is 8. The molecule has 0 radical (unpaired) electrons. The Morgan fingerprint density at radius 3 is 2.44 bits per heavy atom. The number of guanidine groups is 1. The molecule has 1 aromatic rings. The zero-order chi connectivity index (χ0) is 17.9. The van der Waals surface area contributed by atoms with E-state index in [9.17, 15) is 4.79 Å². The third kappa shape index (κ3) is 8.80. The zero-order valence-corrected chi connectivity index (χ0v) is 17.9. The number of carbonyl (C=O) groups excluding carboxylic acids is 1. The molecule has 1 unspecified atom stereocenters. The Morgan fingerprint density at radius 2 is 1.88 bits per heavy atom. The highest BCUT2D eigenvalue weighted by Gasteiger charge is 2.10. The summed E-state index contributed by atoms with van der Waals surface area (Å²) in [6.07, 6.45) is -0.102. The van der Waals surface area contributed by atoms with Crippen molar-refractivity contribution in [3.63, 3.8) is 0 Å². The van der Waals surface area contributed by atoms with Crippen LogP contribution >= 0.6 is 24.0 Å². The van der Waals surface area contributed by atoms with Crippen molar-refractivity contribution in [1.82, 2.24) is 15.5 Å². The van der Waals surface area contributed by atoms with E-state index in [4.69, 9.17) is 9.47 Å². The van der Waals surface area contributed by atoms with Gasteiger partial charge in [-0.25, -0.2) is 4.99 Å². The molecule has 0 spiro atoms. The minimum atomic E-state index is -0.102. The first kappa shape index (κ1) is 23.3. The second kappa shape index (κ2) is 12.6. The van der Waals surface area contributed by atoms with Crippen molar-refractivity contribution in [2.45, 2.75) is 20.0 Å². The van der Waals surface area contributed by atoms with Crippen LogP contribution in [0.1, 0.15) is 13.8 Å². The number of ether oxygens (including phenoxy) is 2. The Kier molecular flexibility index (Phi) is 11.8. The predicted octanol–water partition coefficient (Wildman–Crippen LogP) is 1.72. The highest BCUT2D eigenvalue weighted by atomic mass is 127. The molecule has 1 rings (SSSR count). The number of methoxy groups -OCH3 is 1. The molecule has 1 atom stereocenters. The quantitative estimate of drug-likeness (QED) is 0.348. The van der Waals surface area contributed by atoms with Crippen LogP contribution in [0.2, 0.25) is 0 Å². The largest absolute Gasteiger partial charge is 0.493 e. The van der Waals surface area contributed by atoms with Gasteiger partial charge in [0.1, 0.15) is 12.6 Å². The van der Waals surface area contributed by atoms with Crippen LogP contribution in [0.5, 0.6) is 11.5 Å². The number of halogens is 1. The van der Waals surface area contributed by atoms with Gasteiger partial charge in [-0.1, -0.05) is 12.1 Å². The van der Waals surface area contributed by atoms with Crippen molar-refractivity contribution in [2.75, 3.05) is 40.8 Å². The van der Waals surface area contributed by atoms with Gasteiger partial charge >= 0.3 is 0 Å². The standard InChI is InChI=1S/C17H28N4O3.HI/c1-6-18-17(20-12-16(22)21(3)4)19-11-13(2)24-15-10-8-7-9-14(15)23-5;/h7-10,13H,6,11-12H2,1-5H3,(H2,18,19,20);1H. The number of nitrogens with one attached hydrogen (secondary N) is 2. The fourth-order valence-electron chi connectivity index (χ4n) is 1.84. The van der Waals surface area contributed by atoms with E-state index in [1.54, 1.807) is 21.2 Å². The first-order valence-corrected chi connectivity index (χ1v) is 7.99. The number of benzene rings is 1. The first-order valence-electron chi connectivity index (χ1n) is 7.99. The van der Waals surface area contributed by atoms with Crippen LogP contribution in [0.25, 0.3) is 0 Å². The second-order valence-electron chi connectivity index (χ2n) is 5.44. The van der Waals surface area contributed by atoms with E-state index in [-0.39, 0.29) is 42.5 Å². The molecule has 0 bridgehead atoms. The summed E-state index contributed by atoms with van der Waals surface area (Å²) in [5.74, 6) is 1.93. The zero-order valence-electron chi connectivity index (χ0n) is 15.5. The van der Waals surface area contributed by atoms with Gasteiger partial charge in [0, 0.05) is 20.6 Å². The van der Waals surface area contributed by atoms with Crippen LogP contribution in [0.15, 0.2) is 29.3 Å². The number of likely N-dealkylation sites (N-methyl/N-ethyl adjacent to an activating group) is 1. The Hall–Kier alpha value is -1.71. The lowest BCUT2D eigenvalue weighted by atomic mass is 10.3. The molecule has 142 valence electrons. The molecule has 7 nitrogen and oxygen atoms in total. The lowest BCUT2D eigenvalue weighted by Crippen LogP contribution is -2.42. The fraction of sp³-hybridized carbons (Fsp3) is 0.529. The predicted molar refractivity (Wildman–Crippen MR) is 111 cm³/mol. The molecule has 2 N–H and O–H groups in total. The summed E-state index contributed by atoms with van der Waals surface area (Å²) in [6, 6.07) is 7.51. The molecule has 0 fully saturated rings. The Bertz CT molecular complexity index is 552. The minimum Gasteiger partial charge on any atom is -0.493 e. The summed E-state index contributed by atoms with van der Waals surface area (Å²) in [4.78, 5) is 17.4. The highest BCUT2D eigenvalue weighted by molar-refractivity contribution is 14.0. The summed E-state index contributed by atoms with van der Waals surface area (Å²) in [6.45, 7) is 5.28. The van der Waals surface area contributed by atoms with Crippen molar-refractivity contribution in [2.24, 2.45) is 4.99 Å². The average Bonchev–Trinajstić information content (AvgIpc) is 2.57. The van der Waals surface area contributed by atoms with Gasteiger partial charge in [-0.2, -0.15) is 0 Å². The van der Waals surface area contributed by atoms with Gasteiger partial charge in [0.05, 0.1) is 13.7 Å². The summed E-state index contributed by atoms with van der Waals surface area (Å²) in [5.41, 5.74) is 0. The van der Waals surface area contributed by atoms with E-state index in [0.717, 1.165) is 0 Å². The third-order valence-electron chi connectivity index (χ3n) is 3.17. The van der Waals surface area contributed by atoms with E-state index in [2.05, 4.69) is 15.6 Å². The van der Waals surface area contributed by atoms with Gasteiger partial charge in [0.25, 0.3) is 0 Å². The Balaban J connectivity index is 0.00000576. The maximum absolute atomic E-state index is 11.6. The van der Waals surface area contributed by atoms with E-state index in [1.807, 2.05) is 38.1 Å². The van der Waals surface area contributed by atoms with Crippen LogP contribution < -0.4 is 20.1 Å². The molecule has 0 heterocycles. The number of nitrogens with zero attached hydrogens (tertiary/aromatic N) is 2. The van der Waals surface area contributed by atoms with Gasteiger partial charge in [0.2, 0.25) is 5.91 Å². The highest BCUT2D eigenvalue weighted by Crippen LogP contribution is 2.26. The average molecular weight is 464 g/mol. The van der Waals surface area contributed by atoms with Crippen molar-refractivity contribution in [3.05, 3.63) is 24.3 Å². The number of aliphatic imine (C=N–C) groups is 1. The normalized spacial score (nSPS) is 11.8. The first-order chi connectivity index (χ1) is 11.5. The van der Waals surface area contributed by atoms with Gasteiger partial charge in [0.15, 0.2) is 17.5 Å². The smallest absolute Gasteiger partial charge is 0.243 e. The lowest BCUT2D eigenvalue weighted by Gasteiger charge is -2.19. The van der Waals surface area contributed by atoms with Crippen LogP contribution in [0, 0.1) is 0 Å². The third-order valence-corrected chi connectivity index (χ3v) is 3.17. The Labute approximate surface area is 167 Å². The lowest BCUT2D eigenvalue weighted by molar-refractivity contribution is -0.127. The van der Waals surface area contributed by atoms with Gasteiger partial charge in [-0.05, 0) is 26.0 Å². The molecular weight excluding hydrogens is 435 g/mol. The SMILES string of the molecule is CCNC(=NCC(=O)N(C)C)NCC(C)Oc1ccccc1OC.I. The van der Waals surface area contributed by atoms with E-state index >= 15 is 0 Å². The molecule has 0 aliphatic carbocycles. The van der Waals surface area contributed by atoms with E-state index < -0.39 is 0 Å². The molecule has 1 aromatic carbocycles. The molecular formula is C17H29IN4O3. The molecule has 8 heteroatoms. The number of hydrogen-bond acceptors (Lipinski definition) is 4. The maximum atomic E-state index is 11.6. The number of amides is 1. The van der Waals surface area contributed by atoms with Crippen molar-refractivity contribution in [3.8, 4) is 11.5 Å². The van der Waals surface area contributed by atoms with Gasteiger partial charge < -0.3 is 25.0 Å².